The van der Waals surface area contributed by atoms with Crippen LogP contribution in [0.1, 0.15) is 0 Å². The Morgan fingerprint density at radius 1 is 1.62 bits per heavy atom. The molecule has 0 aliphatic carbocycles. The first-order valence-corrected chi connectivity index (χ1v) is 4.41. The summed E-state index contributed by atoms with van der Waals surface area (Å²) < 4.78 is 5.62. The first kappa shape index (κ1) is 10.0. The lowest BCUT2D eigenvalue weighted by Crippen LogP contribution is -1.98. The fourth-order valence-electron chi connectivity index (χ4n) is 0.873. The van der Waals surface area contributed by atoms with Crippen LogP contribution in [0.5, 0.6) is 5.75 Å². The van der Waals surface area contributed by atoms with Crippen LogP contribution in [0.25, 0.3) is 0 Å². The van der Waals surface area contributed by atoms with Crippen LogP contribution < -0.4 is 10.5 Å². The average Bonchev–Trinajstić information content (AvgIpc) is 2.07. The summed E-state index contributed by atoms with van der Waals surface area (Å²) in [5.41, 5.74) is 5.46. The summed E-state index contributed by atoms with van der Waals surface area (Å²) in [6.45, 7) is 0. The van der Waals surface area contributed by atoms with Crippen molar-refractivity contribution in [3.05, 3.63) is 25.8 Å². The van der Waals surface area contributed by atoms with Gasteiger partial charge in [0.2, 0.25) is 0 Å². The van der Waals surface area contributed by atoms with Gasteiger partial charge in [-0.3, -0.25) is 10.1 Å². The van der Waals surface area contributed by atoms with Crippen molar-refractivity contribution in [1.29, 1.82) is 0 Å². The van der Waals surface area contributed by atoms with Gasteiger partial charge < -0.3 is 10.5 Å². The van der Waals surface area contributed by atoms with E-state index in [1.54, 1.807) is 0 Å². The first-order chi connectivity index (χ1) is 6.06. The molecule has 13 heavy (non-hydrogen) atoms. The largest absolute Gasteiger partial charge is 0.496 e. The normalized spacial score (nSPS) is 9.69. The van der Waals surface area contributed by atoms with E-state index in [2.05, 4.69) is 0 Å². The second-order valence-electron chi connectivity index (χ2n) is 2.30. The van der Waals surface area contributed by atoms with Crippen LogP contribution in [-0.2, 0) is 0 Å². The Labute approximate surface area is 88.2 Å². The number of hydrogen-bond acceptors (Lipinski definition) is 4. The topological polar surface area (TPSA) is 78.4 Å². The maximum absolute atomic E-state index is 10.5. The van der Waals surface area contributed by atoms with Gasteiger partial charge >= 0.3 is 0 Å². The lowest BCUT2D eigenvalue weighted by atomic mass is 10.2. The Bertz CT molecular complexity index is 354. The molecule has 0 heterocycles. The predicted molar refractivity (Wildman–Crippen MR) is 56.8 cm³/mol. The Kier molecular flexibility index (Phi) is 2.91. The van der Waals surface area contributed by atoms with Gasteiger partial charge in [0, 0.05) is 12.1 Å². The van der Waals surface area contributed by atoms with E-state index in [9.17, 15) is 10.1 Å². The van der Waals surface area contributed by atoms with Crippen LogP contribution in [-0.4, -0.2) is 12.0 Å². The smallest absolute Gasteiger partial charge is 0.293 e. The quantitative estimate of drug-likeness (QED) is 0.390. The van der Waals surface area contributed by atoms with Crippen molar-refractivity contribution in [2.45, 2.75) is 0 Å². The number of nitrogens with zero attached hydrogens (tertiary/aromatic N) is 1. The SMILES string of the molecule is COc1cc(N)c([N+](=O)[O-])cc1I. The molecule has 0 fully saturated rings. The van der Waals surface area contributed by atoms with Gasteiger partial charge in [-0.2, -0.15) is 0 Å². The highest BCUT2D eigenvalue weighted by molar-refractivity contribution is 14.1. The molecule has 0 saturated heterocycles. The van der Waals surface area contributed by atoms with Crippen molar-refractivity contribution >= 4 is 34.0 Å². The third-order valence-electron chi connectivity index (χ3n) is 1.50. The van der Waals surface area contributed by atoms with Crippen molar-refractivity contribution in [1.82, 2.24) is 0 Å². The van der Waals surface area contributed by atoms with E-state index in [0.717, 1.165) is 0 Å². The minimum absolute atomic E-state index is 0.0924. The predicted octanol–water partition coefficient (Wildman–Crippen LogP) is 1.79. The number of ether oxygens (including phenoxy) is 1. The van der Waals surface area contributed by atoms with Crippen molar-refractivity contribution in [2.24, 2.45) is 0 Å². The molecule has 0 amide bonds. The summed E-state index contributed by atoms with van der Waals surface area (Å²) in [6.07, 6.45) is 0. The van der Waals surface area contributed by atoms with E-state index < -0.39 is 4.92 Å². The number of hydrogen-bond donors (Lipinski definition) is 1. The van der Waals surface area contributed by atoms with Crippen LogP contribution in [0.2, 0.25) is 0 Å². The minimum atomic E-state index is -0.517. The van der Waals surface area contributed by atoms with Gasteiger partial charge in [-0.05, 0) is 22.6 Å². The molecule has 1 aromatic carbocycles. The summed E-state index contributed by atoms with van der Waals surface area (Å²) in [5.74, 6) is 0.545. The molecule has 1 rings (SSSR count). The summed E-state index contributed by atoms with van der Waals surface area (Å²) in [6, 6.07) is 2.83. The van der Waals surface area contributed by atoms with Crippen molar-refractivity contribution < 1.29 is 9.66 Å². The fourth-order valence-corrected chi connectivity index (χ4v) is 1.54. The molecule has 2 N–H and O–H groups in total. The maximum atomic E-state index is 10.5. The zero-order valence-corrected chi connectivity index (χ0v) is 8.94. The molecule has 0 aliphatic heterocycles. The van der Waals surface area contributed by atoms with Crippen LogP contribution in [0.4, 0.5) is 11.4 Å². The van der Waals surface area contributed by atoms with Gasteiger partial charge in [0.1, 0.15) is 11.4 Å². The van der Waals surface area contributed by atoms with E-state index in [0.29, 0.717) is 9.32 Å². The number of nitrogens with two attached hydrogens (primary N) is 1. The fraction of sp³-hybridized carbons (Fsp3) is 0.143. The van der Waals surface area contributed by atoms with Crippen LogP contribution >= 0.6 is 22.6 Å². The molecular weight excluding hydrogens is 287 g/mol. The van der Waals surface area contributed by atoms with E-state index >= 15 is 0 Å². The molecule has 0 aromatic heterocycles. The third kappa shape index (κ3) is 2.00. The summed E-state index contributed by atoms with van der Waals surface area (Å²) in [7, 11) is 1.49. The maximum Gasteiger partial charge on any atom is 0.293 e. The molecule has 6 heteroatoms. The molecule has 0 radical (unpaired) electrons. The average molecular weight is 294 g/mol. The molecule has 1 aromatic rings. The molecule has 0 atom stereocenters. The monoisotopic (exact) mass is 294 g/mol. The van der Waals surface area contributed by atoms with E-state index in [4.69, 9.17) is 10.5 Å². The molecule has 0 aliphatic rings. The van der Waals surface area contributed by atoms with Gasteiger partial charge in [-0.1, -0.05) is 0 Å². The van der Waals surface area contributed by atoms with Gasteiger partial charge in [-0.15, -0.1) is 0 Å². The second-order valence-corrected chi connectivity index (χ2v) is 3.46. The Morgan fingerprint density at radius 3 is 2.69 bits per heavy atom. The van der Waals surface area contributed by atoms with Gasteiger partial charge in [0.05, 0.1) is 15.6 Å². The van der Waals surface area contributed by atoms with Crippen LogP contribution in [0, 0.1) is 13.7 Å². The highest BCUT2D eigenvalue weighted by Gasteiger charge is 2.14. The summed E-state index contributed by atoms with van der Waals surface area (Å²) in [4.78, 5) is 9.94. The Morgan fingerprint density at radius 2 is 2.23 bits per heavy atom. The number of benzene rings is 1. The van der Waals surface area contributed by atoms with E-state index in [-0.39, 0.29) is 11.4 Å². The molecule has 70 valence electrons. The molecule has 0 spiro atoms. The number of methoxy groups -OCH3 is 1. The highest BCUT2D eigenvalue weighted by Crippen LogP contribution is 2.31. The second kappa shape index (κ2) is 3.77. The molecule has 5 nitrogen and oxygen atoms in total. The first-order valence-electron chi connectivity index (χ1n) is 3.33. The van der Waals surface area contributed by atoms with E-state index in [1.165, 1.54) is 19.2 Å². The van der Waals surface area contributed by atoms with Gasteiger partial charge in [0.15, 0.2) is 0 Å². The van der Waals surface area contributed by atoms with Crippen molar-refractivity contribution in [3.63, 3.8) is 0 Å². The number of nitro groups is 1. The molecule has 0 saturated carbocycles. The number of halogens is 1. The lowest BCUT2D eigenvalue weighted by molar-refractivity contribution is -0.384. The zero-order chi connectivity index (χ0) is 10.0. The number of nitrogen functional groups attached to an aromatic ring is 1. The van der Waals surface area contributed by atoms with Crippen molar-refractivity contribution in [3.8, 4) is 5.75 Å². The van der Waals surface area contributed by atoms with Gasteiger partial charge in [0.25, 0.3) is 5.69 Å². The highest BCUT2D eigenvalue weighted by atomic mass is 127. The summed E-state index contributed by atoms with van der Waals surface area (Å²) >= 11 is 1.95. The Hall–Kier alpha value is -1.05. The third-order valence-corrected chi connectivity index (χ3v) is 2.34. The molecule has 0 bridgehead atoms. The van der Waals surface area contributed by atoms with Gasteiger partial charge in [-0.25, -0.2) is 0 Å². The number of anilines is 1. The molecule has 0 unspecified atom stereocenters. The molecular formula is C7H7IN2O3. The van der Waals surface area contributed by atoms with Crippen LogP contribution in [0.15, 0.2) is 12.1 Å². The van der Waals surface area contributed by atoms with Crippen molar-refractivity contribution in [2.75, 3.05) is 12.8 Å². The minimum Gasteiger partial charge on any atom is -0.496 e. The number of rotatable bonds is 2. The summed E-state index contributed by atoms with van der Waals surface area (Å²) in [5, 5.41) is 10.5. The standard InChI is InChI=1S/C7H7IN2O3/c1-13-7-3-5(9)6(10(11)12)2-4(7)8/h2-3H,9H2,1H3. The number of nitro benzene ring substituents is 1. The zero-order valence-electron chi connectivity index (χ0n) is 6.78. The lowest BCUT2D eigenvalue weighted by Gasteiger charge is -2.04. The van der Waals surface area contributed by atoms with E-state index in [1.807, 2.05) is 22.6 Å². The van der Waals surface area contributed by atoms with Crippen LogP contribution in [0.3, 0.4) is 0 Å². The Balaban J connectivity index is 3.28.